The molecule has 1 atom stereocenters. The zero-order valence-corrected chi connectivity index (χ0v) is 8.24. The lowest BCUT2D eigenvalue weighted by atomic mass is 10.3. The van der Waals surface area contributed by atoms with Crippen LogP contribution in [0.5, 0.6) is 0 Å². The van der Waals surface area contributed by atoms with Crippen molar-refractivity contribution in [1.29, 1.82) is 0 Å². The van der Waals surface area contributed by atoms with Gasteiger partial charge in [0.05, 0.1) is 0 Å². The molecule has 0 spiro atoms. The third-order valence-electron chi connectivity index (χ3n) is 1.33. The lowest BCUT2D eigenvalue weighted by molar-refractivity contribution is -0.140. The van der Waals surface area contributed by atoms with Gasteiger partial charge in [-0.25, -0.2) is 4.79 Å². The van der Waals surface area contributed by atoms with Gasteiger partial charge in [-0.1, -0.05) is 19.9 Å². The van der Waals surface area contributed by atoms with Crippen LogP contribution in [0.3, 0.4) is 0 Å². The predicted molar refractivity (Wildman–Crippen MR) is 47.0 cm³/mol. The van der Waals surface area contributed by atoms with Gasteiger partial charge in [0, 0.05) is 6.08 Å². The van der Waals surface area contributed by atoms with Crippen LogP contribution in [-0.2, 0) is 14.1 Å². The van der Waals surface area contributed by atoms with E-state index >= 15 is 0 Å². The fourth-order valence-corrected chi connectivity index (χ4v) is 1.56. The molecule has 0 amide bonds. The van der Waals surface area contributed by atoms with E-state index in [1.54, 1.807) is 6.92 Å². The Morgan fingerprint density at radius 1 is 1.69 bits per heavy atom. The summed E-state index contributed by atoms with van der Waals surface area (Å²) in [5.41, 5.74) is 0. The third kappa shape index (κ3) is 4.83. The molecule has 0 aromatic rings. The van der Waals surface area contributed by atoms with Gasteiger partial charge in [-0.05, 0) is 6.42 Å². The second kappa shape index (κ2) is 5.17. The zero-order valence-electron chi connectivity index (χ0n) is 7.34. The van der Waals surface area contributed by atoms with Gasteiger partial charge in [-0.2, -0.15) is 0 Å². The molecule has 0 aliphatic rings. The molecule has 13 heavy (non-hydrogen) atoms. The fraction of sp³-hybridized carbons (Fsp3) is 0.571. The summed E-state index contributed by atoms with van der Waals surface area (Å²) in [5.74, 6) is -2.16. The van der Waals surface area contributed by atoms with Crippen LogP contribution in [0.1, 0.15) is 19.8 Å². The zero-order chi connectivity index (χ0) is 10.5. The van der Waals surface area contributed by atoms with Gasteiger partial charge < -0.3 is 14.5 Å². The number of hydrogen-bond acceptors (Lipinski definition) is 3. The van der Waals surface area contributed by atoms with E-state index in [2.05, 4.69) is 11.3 Å². The molecule has 0 saturated heterocycles. The average Bonchev–Trinajstić information content (AvgIpc) is 2.01. The first kappa shape index (κ1) is 12.4. The maximum absolute atomic E-state index is 10.8. The molecule has 0 heterocycles. The average molecular weight is 208 g/mol. The smallest absolute Gasteiger partial charge is 0.365 e. The van der Waals surface area contributed by atoms with E-state index in [1.165, 1.54) is 0 Å². The minimum atomic E-state index is -4.35. The van der Waals surface area contributed by atoms with E-state index in [-0.39, 0.29) is 6.42 Å². The van der Waals surface area contributed by atoms with Crippen molar-refractivity contribution in [2.24, 2.45) is 0 Å². The number of carbonyl (C=O) groups is 1. The van der Waals surface area contributed by atoms with Crippen molar-refractivity contribution in [2.45, 2.75) is 25.6 Å². The standard InChI is InChI=1S/C7H13O5P/c1-3-5-7(13(9,10)11)12-6(8)4-2/h4,7H,2-3,5H2,1H3,(H2,9,10,11). The number of rotatable bonds is 5. The molecule has 0 fully saturated rings. The van der Waals surface area contributed by atoms with Crippen molar-refractivity contribution >= 4 is 13.6 Å². The molecule has 0 aromatic heterocycles. The fourth-order valence-electron chi connectivity index (χ4n) is 0.725. The highest BCUT2D eigenvalue weighted by Gasteiger charge is 2.30. The summed E-state index contributed by atoms with van der Waals surface area (Å²) >= 11 is 0. The van der Waals surface area contributed by atoms with E-state index in [0.29, 0.717) is 6.42 Å². The summed E-state index contributed by atoms with van der Waals surface area (Å²) in [5, 5.41) is 0. The van der Waals surface area contributed by atoms with Gasteiger partial charge >= 0.3 is 13.6 Å². The molecular weight excluding hydrogens is 195 g/mol. The molecule has 0 bridgehead atoms. The number of hydrogen-bond donors (Lipinski definition) is 2. The third-order valence-corrected chi connectivity index (χ3v) is 2.44. The second-order valence-corrected chi connectivity index (χ2v) is 4.23. The molecule has 0 rings (SSSR count). The molecule has 0 aliphatic heterocycles. The highest BCUT2D eigenvalue weighted by Crippen LogP contribution is 2.44. The van der Waals surface area contributed by atoms with Crippen LogP contribution in [-0.4, -0.2) is 21.6 Å². The molecular formula is C7H13O5P. The number of ether oxygens (including phenoxy) is 1. The first-order valence-corrected chi connectivity index (χ1v) is 5.48. The quantitative estimate of drug-likeness (QED) is 0.400. The lowest BCUT2D eigenvalue weighted by Gasteiger charge is -2.16. The van der Waals surface area contributed by atoms with Crippen LogP contribution >= 0.6 is 7.60 Å². The lowest BCUT2D eigenvalue weighted by Crippen LogP contribution is -2.16. The van der Waals surface area contributed by atoms with Crippen molar-refractivity contribution < 1.29 is 23.9 Å². The summed E-state index contributed by atoms with van der Waals surface area (Å²) in [6, 6.07) is 0. The van der Waals surface area contributed by atoms with Gasteiger partial charge in [0.2, 0.25) is 5.85 Å². The van der Waals surface area contributed by atoms with E-state index < -0.39 is 19.4 Å². The van der Waals surface area contributed by atoms with E-state index in [9.17, 15) is 9.36 Å². The molecule has 76 valence electrons. The highest BCUT2D eigenvalue weighted by molar-refractivity contribution is 7.52. The summed E-state index contributed by atoms with van der Waals surface area (Å²) < 4.78 is 15.2. The van der Waals surface area contributed by atoms with Crippen molar-refractivity contribution in [3.05, 3.63) is 12.7 Å². The van der Waals surface area contributed by atoms with Crippen molar-refractivity contribution in [3.63, 3.8) is 0 Å². The predicted octanol–water partition coefficient (Wildman–Crippen LogP) is 1.02. The van der Waals surface area contributed by atoms with Crippen molar-refractivity contribution in [2.75, 3.05) is 0 Å². The first-order chi connectivity index (χ1) is 5.91. The molecule has 5 nitrogen and oxygen atoms in total. The van der Waals surface area contributed by atoms with E-state index in [4.69, 9.17) is 9.79 Å². The Bertz CT molecular complexity index is 231. The summed E-state index contributed by atoms with van der Waals surface area (Å²) in [4.78, 5) is 28.2. The SMILES string of the molecule is C=CC(=O)OC(CCC)P(=O)(O)O. The molecule has 2 N–H and O–H groups in total. The Hall–Kier alpha value is -0.640. The highest BCUT2D eigenvalue weighted by atomic mass is 31.2. The van der Waals surface area contributed by atoms with E-state index in [1.807, 2.05) is 0 Å². The molecule has 6 heteroatoms. The molecule has 0 aromatic carbocycles. The van der Waals surface area contributed by atoms with Gasteiger partial charge in [0.15, 0.2) is 0 Å². The van der Waals surface area contributed by atoms with Crippen LogP contribution in [0, 0.1) is 0 Å². The number of esters is 1. The summed E-state index contributed by atoms with van der Waals surface area (Å²) in [7, 11) is -4.35. The monoisotopic (exact) mass is 208 g/mol. The molecule has 1 unspecified atom stereocenters. The molecule has 0 radical (unpaired) electrons. The van der Waals surface area contributed by atoms with Gasteiger partial charge in [-0.15, -0.1) is 0 Å². The normalized spacial score (nSPS) is 13.5. The topological polar surface area (TPSA) is 83.8 Å². The largest absolute Gasteiger partial charge is 0.446 e. The van der Waals surface area contributed by atoms with Crippen molar-refractivity contribution in [3.8, 4) is 0 Å². The first-order valence-electron chi connectivity index (χ1n) is 3.80. The Morgan fingerprint density at radius 3 is 2.54 bits per heavy atom. The summed E-state index contributed by atoms with van der Waals surface area (Å²) in [6.07, 6.45) is 1.54. The molecule has 0 saturated carbocycles. The molecule has 0 aliphatic carbocycles. The van der Waals surface area contributed by atoms with Gasteiger partial charge in [0.25, 0.3) is 0 Å². The maximum atomic E-state index is 10.8. The van der Waals surface area contributed by atoms with Crippen LogP contribution in [0.25, 0.3) is 0 Å². The Balaban J connectivity index is 4.35. The van der Waals surface area contributed by atoms with Crippen LogP contribution in [0.4, 0.5) is 0 Å². The minimum absolute atomic E-state index is 0.143. The second-order valence-electron chi connectivity index (χ2n) is 2.47. The van der Waals surface area contributed by atoms with Crippen LogP contribution < -0.4 is 0 Å². The van der Waals surface area contributed by atoms with Gasteiger partial charge in [0.1, 0.15) is 0 Å². The Kier molecular flexibility index (Phi) is 4.91. The Morgan fingerprint density at radius 2 is 2.23 bits per heavy atom. The maximum Gasteiger partial charge on any atom is 0.365 e. The summed E-state index contributed by atoms with van der Waals surface area (Å²) in [6.45, 7) is 4.87. The van der Waals surface area contributed by atoms with Crippen LogP contribution in [0.2, 0.25) is 0 Å². The number of carbonyl (C=O) groups excluding carboxylic acids is 1. The minimum Gasteiger partial charge on any atom is -0.446 e. The van der Waals surface area contributed by atoms with Crippen molar-refractivity contribution in [1.82, 2.24) is 0 Å². The van der Waals surface area contributed by atoms with Crippen LogP contribution in [0.15, 0.2) is 12.7 Å². The Labute approximate surface area is 76.6 Å². The van der Waals surface area contributed by atoms with Gasteiger partial charge in [-0.3, -0.25) is 4.57 Å². The van der Waals surface area contributed by atoms with E-state index in [0.717, 1.165) is 6.08 Å².